The lowest BCUT2D eigenvalue weighted by molar-refractivity contribution is -0.128. The number of rotatable bonds is 8. The number of nitrogens with zero attached hydrogens (tertiary/aromatic N) is 2. The molecule has 0 atom stereocenters. The van der Waals surface area contributed by atoms with Crippen LogP contribution >= 0.6 is 24.0 Å². The maximum atomic E-state index is 11.8. The van der Waals surface area contributed by atoms with Gasteiger partial charge in [0.2, 0.25) is 5.91 Å². The van der Waals surface area contributed by atoms with Crippen molar-refractivity contribution in [3.63, 3.8) is 0 Å². The fraction of sp³-hybridized carbons (Fsp3) is 0.591. The lowest BCUT2D eigenvalue weighted by Crippen LogP contribution is -2.39. The molecule has 0 aliphatic carbocycles. The third-order valence-electron chi connectivity index (χ3n) is 4.53. The quantitative estimate of drug-likeness (QED) is 0.202. The monoisotopic (exact) mass is 545 g/mol. The van der Waals surface area contributed by atoms with Gasteiger partial charge in [-0.15, -0.1) is 24.0 Å². The Bertz CT molecular complexity index is 749. The van der Waals surface area contributed by atoms with E-state index in [9.17, 15) is 9.59 Å². The van der Waals surface area contributed by atoms with E-state index in [0.717, 1.165) is 30.5 Å². The molecule has 1 aliphatic rings. The Morgan fingerprint density at radius 1 is 1.16 bits per heavy atom. The molecular weight excluding hydrogens is 509 g/mol. The fourth-order valence-electron chi connectivity index (χ4n) is 3.14. The second-order valence-corrected chi connectivity index (χ2v) is 8.37. The fourth-order valence-corrected chi connectivity index (χ4v) is 3.14. The maximum Gasteiger partial charge on any atom is 0.407 e. The van der Waals surface area contributed by atoms with Gasteiger partial charge in [0.25, 0.3) is 0 Å². The van der Waals surface area contributed by atoms with Crippen molar-refractivity contribution in [3.8, 4) is 0 Å². The molecule has 0 aromatic heterocycles. The predicted molar refractivity (Wildman–Crippen MR) is 134 cm³/mol. The Morgan fingerprint density at radius 2 is 1.87 bits per heavy atom. The van der Waals surface area contributed by atoms with Gasteiger partial charge >= 0.3 is 6.09 Å². The first kappa shape index (κ1) is 27.0. The summed E-state index contributed by atoms with van der Waals surface area (Å²) in [5.74, 6) is 0.941. The van der Waals surface area contributed by atoms with E-state index < -0.39 is 11.7 Å². The number of nitrogens with one attached hydrogen (secondary N) is 3. The Labute approximate surface area is 202 Å². The summed E-state index contributed by atoms with van der Waals surface area (Å²) in [7, 11) is 1.73. The van der Waals surface area contributed by atoms with Gasteiger partial charge in [0.1, 0.15) is 5.60 Å². The summed E-state index contributed by atoms with van der Waals surface area (Å²) in [6.07, 6.45) is 1.96. The van der Waals surface area contributed by atoms with E-state index in [1.165, 1.54) is 0 Å². The van der Waals surface area contributed by atoms with E-state index in [-0.39, 0.29) is 29.9 Å². The van der Waals surface area contributed by atoms with Crippen LogP contribution in [0.5, 0.6) is 0 Å². The molecule has 0 saturated carbocycles. The molecular formula is C22H36IN5O3. The van der Waals surface area contributed by atoms with Crippen LogP contribution in [0.1, 0.15) is 51.2 Å². The summed E-state index contributed by atoms with van der Waals surface area (Å²) in [5, 5.41) is 9.27. The standard InChI is InChI=1S/C22H35N5O3.HI/c1-22(2,3)30-21(29)25-12-7-11-24-20(23-4)26-15-17-8-5-9-18(14-17)16-27-13-6-10-19(27)28;/h5,8-9,14H,6-7,10-13,15-16H2,1-4H3,(H,25,29)(H2,23,24,26);1H. The van der Waals surface area contributed by atoms with Crippen molar-refractivity contribution in [1.82, 2.24) is 20.9 Å². The molecule has 9 heteroatoms. The van der Waals surface area contributed by atoms with Gasteiger partial charge in [-0.05, 0) is 44.7 Å². The van der Waals surface area contributed by atoms with Crippen molar-refractivity contribution in [2.24, 2.45) is 4.99 Å². The van der Waals surface area contributed by atoms with Crippen LogP contribution in [0.2, 0.25) is 0 Å². The minimum absolute atomic E-state index is 0. The summed E-state index contributed by atoms with van der Waals surface area (Å²) < 4.78 is 5.20. The van der Waals surface area contributed by atoms with E-state index in [1.54, 1.807) is 7.05 Å². The molecule has 1 fully saturated rings. The maximum absolute atomic E-state index is 11.8. The van der Waals surface area contributed by atoms with Gasteiger partial charge < -0.3 is 25.6 Å². The molecule has 3 N–H and O–H groups in total. The van der Waals surface area contributed by atoms with Crippen LogP contribution in [-0.4, -0.2) is 55.1 Å². The molecule has 0 unspecified atom stereocenters. The highest BCUT2D eigenvalue weighted by atomic mass is 127. The van der Waals surface area contributed by atoms with E-state index in [0.29, 0.717) is 38.6 Å². The van der Waals surface area contributed by atoms with E-state index in [2.05, 4.69) is 39.1 Å². The van der Waals surface area contributed by atoms with Crippen molar-refractivity contribution in [2.45, 2.75) is 58.7 Å². The normalized spacial score (nSPS) is 14.1. The smallest absolute Gasteiger partial charge is 0.407 e. The molecule has 8 nitrogen and oxygen atoms in total. The molecule has 1 saturated heterocycles. The first-order chi connectivity index (χ1) is 14.3. The van der Waals surface area contributed by atoms with Crippen LogP contribution in [0.4, 0.5) is 4.79 Å². The topological polar surface area (TPSA) is 95.1 Å². The number of amides is 2. The lowest BCUT2D eigenvalue weighted by atomic mass is 10.1. The van der Waals surface area contributed by atoms with Gasteiger partial charge in [-0.2, -0.15) is 0 Å². The minimum Gasteiger partial charge on any atom is -0.444 e. The van der Waals surface area contributed by atoms with Crippen molar-refractivity contribution < 1.29 is 14.3 Å². The van der Waals surface area contributed by atoms with Gasteiger partial charge in [-0.1, -0.05) is 24.3 Å². The first-order valence-corrected chi connectivity index (χ1v) is 10.5. The molecule has 2 amide bonds. The molecule has 1 aromatic rings. The lowest BCUT2D eigenvalue weighted by Gasteiger charge is -2.19. The van der Waals surface area contributed by atoms with Crippen LogP contribution in [0.25, 0.3) is 0 Å². The number of hydrogen-bond acceptors (Lipinski definition) is 4. The Morgan fingerprint density at radius 3 is 2.52 bits per heavy atom. The molecule has 0 spiro atoms. The van der Waals surface area contributed by atoms with Crippen LogP contribution in [0, 0.1) is 0 Å². The van der Waals surface area contributed by atoms with Crippen molar-refractivity contribution in [3.05, 3.63) is 35.4 Å². The number of ether oxygens (including phenoxy) is 1. The molecule has 31 heavy (non-hydrogen) atoms. The highest BCUT2D eigenvalue weighted by Gasteiger charge is 2.20. The molecule has 1 aliphatic heterocycles. The molecule has 1 aromatic carbocycles. The number of alkyl carbamates (subject to hydrolysis) is 1. The van der Waals surface area contributed by atoms with Crippen LogP contribution in [-0.2, 0) is 22.6 Å². The van der Waals surface area contributed by atoms with Crippen molar-refractivity contribution in [2.75, 3.05) is 26.7 Å². The largest absolute Gasteiger partial charge is 0.444 e. The Balaban J connectivity index is 0.00000480. The van der Waals surface area contributed by atoms with Crippen LogP contribution in [0.3, 0.4) is 0 Å². The second-order valence-electron chi connectivity index (χ2n) is 8.37. The van der Waals surface area contributed by atoms with Gasteiger partial charge in [0.15, 0.2) is 5.96 Å². The average molecular weight is 545 g/mol. The first-order valence-electron chi connectivity index (χ1n) is 10.5. The van der Waals surface area contributed by atoms with Crippen molar-refractivity contribution in [1.29, 1.82) is 0 Å². The summed E-state index contributed by atoms with van der Waals surface area (Å²) in [6, 6.07) is 8.25. The van der Waals surface area contributed by atoms with Gasteiger partial charge in [-0.25, -0.2) is 4.79 Å². The summed E-state index contributed by atoms with van der Waals surface area (Å²) in [5.41, 5.74) is 1.78. The van der Waals surface area contributed by atoms with Gasteiger partial charge in [0, 0.05) is 46.2 Å². The number of hydrogen-bond donors (Lipinski definition) is 3. The Kier molecular flexibility index (Phi) is 11.7. The van der Waals surface area contributed by atoms with E-state index >= 15 is 0 Å². The van der Waals surface area contributed by atoms with Crippen molar-refractivity contribution >= 4 is 41.9 Å². The summed E-state index contributed by atoms with van der Waals surface area (Å²) in [4.78, 5) is 29.6. The molecule has 0 radical (unpaired) electrons. The summed E-state index contributed by atoms with van der Waals surface area (Å²) in [6.45, 7) is 8.87. The number of carbonyl (C=O) groups excluding carboxylic acids is 2. The molecule has 2 rings (SSSR count). The number of likely N-dealkylation sites (tertiary alicyclic amines) is 1. The highest BCUT2D eigenvalue weighted by molar-refractivity contribution is 14.0. The van der Waals surface area contributed by atoms with E-state index in [1.807, 2.05) is 31.7 Å². The van der Waals surface area contributed by atoms with Gasteiger partial charge in [0.05, 0.1) is 0 Å². The number of halogens is 1. The minimum atomic E-state index is -0.490. The molecule has 0 bridgehead atoms. The zero-order valence-electron chi connectivity index (χ0n) is 19.0. The third-order valence-corrected chi connectivity index (χ3v) is 4.53. The highest BCUT2D eigenvalue weighted by Crippen LogP contribution is 2.15. The number of benzene rings is 1. The zero-order valence-corrected chi connectivity index (χ0v) is 21.3. The van der Waals surface area contributed by atoms with Crippen LogP contribution < -0.4 is 16.0 Å². The second kappa shape index (κ2) is 13.4. The van der Waals surface area contributed by atoms with Gasteiger partial charge in [-0.3, -0.25) is 9.79 Å². The predicted octanol–water partition coefficient (Wildman–Crippen LogP) is 3.01. The van der Waals surface area contributed by atoms with E-state index in [4.69, 9.17) is 4.74 Å². The van der Waals surface area contributed by atoms with Crippen LogP contribution in [0.15, 0.2) is 29.3 Å². The number of carbonyl (C=O) groups is 2. The SMILES string of the molecule is CN=C(NCCCNC(=O)OC(C)(C)C)NCc1cccc(CN2CCCC2=O)c1.I. The number of aliphatic imine (C=N–C) groups is 1. The Hall–Kier alpha value is -2.04. The molecule has 174 valence electrons. The summed E-state index contributed by atoms with van der Waals surface area (Å²) >= 11 is 0. The number of guanidine groups is 1. The average Bonchev–Trinajstić information content (AvgIpc) is 3.07. The zero-order chi connectivity index (χ0) is 22.0. The molecule has 1 heterocycles. The third kappa shape index (κ3) is 10.7.